The maximum atomic E-state index is 11.8. The normalized spacial score (nSPS) is 19.5. The predicted octanol–water partition coefficient (Wildman–Crippen LogP) is 1.85. The molecule has 1 amide bonds. The molecular formula is C17H24N2O2. The number of nitrogens with zero attached hydrogens (tertiary/aromatic N) is 2. The number of rotatable bonds is 3. The molecule has 0 N–H and O–H groups in total. The molecule has 0 aromatic heterocycles. The first-order valence-corrected chi connectivity index (χ1v) is 7.82. The predicted molar refractivity (Wildman–Crippen MR) is 82.6 cm³/mol. The molecule has 4 nitrogen and oxygen atoms in total. The number of likely N-dealkylation sites (N-methyl/N-ethyl adjacent to an activating group) is 1. The van der Waals surface area contributed by atoms with E-state index in [-0.39, 0.29) is 5.91 Å². The molecule has 1 fully saturated rings. The van der Waals surface area contributed by atoms with E-state index in [0.29, 0.717) is 6.42 Å². The van der Waals surface area contributed by atoms with Gasteiger partial charge in [-0.05, 0) is 36.5 Å². The summed E-state index contributed by atoms with van der Waals surface area (Å²) in [5.41, 5.74) is 4.19. The van der Waals surface area contributed by atoms with Gasteiger partial charge in [0.2, 0.25) is 5.91 Å². The Morgan fingerprint density at radius 3 is 2.62 bits per heavy atom. The highest BCUT2D eigenvalue weighted by atomic mass is 16.5. The lowest BCUT2D eigenvalue weighted by molar-refractivity contribution is -0.129. The Kier molecular flexibility index (Phi) is 4.15. The van der Waals surface area contributed by atoms with Gasteiger partial charge in [-0.2, -0.15) is 0 Å². The molecule has 21 heavy (non-hydrogen) atoms. The molecule has 0 spiro atoms. The Hall–Kier alpha value is -1.55. The minimum atomic E-state index is 0.249. The summed E-state index contributed by atoms with van der Waals surface area (Å²) in [5.74, 6) is 1.25. The summed E-state index contributed by atoms with van der Waals surface area (Å²) in [7, 11) is 3.64. The number of hydrogen-bond acceptors (Lipinski definition) is 3. The minimum absolute atomic E-state index is 0.249. The van der Waals surface area contributed by atoms with Gasteiger partial charge in [0, 0.05) is 45.2 Å². The zero-order valence-electron chi connectivity index (χ0n) is 13.0. The van der Waals surface area contributed by atoms with Gasteiger partial charge in [-0.3, -0.25) is 9.69 Å². The SMILES string of the molecule is COc1cc2c(cc1CN1CCC(=O)N(C)CC1)CCC2. The van der Waals surface area contributed by atoms with Gasteiger partial charge < -0.3 is 9.64 Å². The van der Waals surface area contributed by atoms with Gasteiger partial charge in [0.15, 0.2) is 0 Å². The number of aryl methyl sites for hydroxylation is 2. The molecule has 1 heterocycles. The highest BCUT2D eigenvalue weighted by Crippen LogP contribution is 2.30. The molecule has 0 atom stereocenters. The number of benzene rings is 1. The zero-order chi connectivity index (χ0) is 14.8. The molecule has 0 radical (unpaired) electrons. The Bertz CT molecular complexity index is 542. The molecule has 0 saturated carbocycles. The van der Waals surface area contributed by atoms with Gasteiger partial charge in [0.1, 0.15) is 5.75 Å². The van der Waals surface area contributed by atoms with Crippen molar-refractivity contribution < 1.29 is 9.53 Å². The molecule has 1 saturated heterocycles. The molecule has 1 aliphatic carbocycles. The van der Waals surface area contributed by atoms with E-state index in [1.54, 1.807) is 7.11 Å². The first-order valence-electron chi connectivity index (χ1n) is 7.82. The number of hydrogen-bond donors (Lipinski definition) is 0. The summed E-state index contributed by atoms with van der Waals surface area (Å²) in [5, 5.41) is 0. The van der Waals surface area contributed by atoms with Crippen LogP contribution in [-0.2, 0) is 24.2 Å². The van der Waals surface area contributed by atoms with Gasteiger partial charge in [-0.1, -0.05) is 6.07 Å². The van der Waals surface area contributed by atoms with Gasteiger partial charge in [-0.15, -0.1) is 0 Å². The molecule has 3 rings (SSSR count). The summed E-state index contributed by atoms with van der Waals surface area (Å²) in [4.78, 5) is 16.0. The van der Waals surface area contributed by atoms with E-state index in [2.05, 4.69) is 17.0 Å². The van der Waals surface area contributed by atoms with Crippen molar-refractivity contribution in [2.24, 2.45) is 0 Å². The van der Waals surface area contributed by atoms with Gasteiger partial charge in [-0.25, -0.2) is 0 Å². The van der Waals surface area contributed by atoms with Crippen LogP contribution in [0.2, 0.25) is 0 Å². The quantitative estimate of drug-likeness (QED) is 0.851. The highest BCUT2D eigenvalue weighted by molar-refractivity contribution is 5.76. The van der Waals surface area contributed by atoms with Crippen molar-refractivity contribution in [2.75, 3.05) is 33.8 Å². The number of carbonyl (C=O) groups excluding carboxylic acids is 1. The minimum Gasteiger partial charge on any atom is -0.496 e. The fourth-order valence-electron chi connectivity index (χ4n) is 3.34. The summed E-state index contributed by atoms with van der Waals surface area (Å²) < 4.78 is 5.58. The van der Waals surface area contributed by atoms with Gasteiger partial charge in [0.25, 0.3) is 0 Å². The van der Waals surface area contributed by atoms with Crippen molar-refractivity contribution in [3.63, 3.8) is 0 Å². The van der Waals surface area contributed by atoms with Crippen LogP contribution < -0.4 is 4.74 Å². The Labute approximate surface area is 126 Å². The fraction of sp³-hybridized carbons (Fsp3) is 0.588. The van der Waals surface area contributed by atoms with E-state index < -0.39 is 0 Å². The van der Waals surface area contributed by atoms with E-state index >= 15 is 0 Å². The van der Waals surface area contributed by atoms with E-state index in [1.807, 2.05) is 11.9 Å². The summed E-state index contributed by atoms with van der Waals surface area (Å²) >= 11 is 0. The summed E-state index contributed by atoms with van der Waals surface area (Å²) in [6.45, 7) is 3.45. The molecule has 2 aliphatic rings. The Balaban J connectivity index is 1.76. The van der Waals surface area contributed by atoms with Crippen molar-refractivity contribution in [3.05, 3.63) is 28.8 Å². The maximum absolute atomic E-state index is 11.8. The van der Waals surface area contributed by atoms with Crippen LogP contribution in [0.5, 0.6) is 5.75 Å². The van der Waals surface area contributed by atoms with Crippen LogP contribution in [0.4, 0.5) is 0 Å². The molecule has 1 aromatic carbocycles. The van der Waals surface area contributed by atoms with Crippen LogP contribution in [0.15, 0.2) is 12.1 Å². The zero-order valence-corrected chi connectivity index (χ0v) is 13.0. The van der Waals surface area contributed by atoms with E-state index in [0.717, 1.165) is 31.9 Å². The van der Waals surface area contributed by atoms with Crippen molar-refractivity contribution in [3.8, 4) is 5.75 Å². The largest absolute Gasteiger partial charge is 0.496 e. The first kappa shape index (κ1) is 14.4. The number of ether oxygens (including phenoxy) is 1. The lowest BCUT2D eigenvalue weighted by Gasteiger charge is -2.22. The summed E-state index contributed by atoms with van der Waals surface area (Å²) in [6, 6.07) is 4.53. The molecule has 1 aliphatic heterocycles. The average Bonchev–Trinajstić information content (AvgIpc) is 2.88. The topological polar surface area (TPSA) is 32.8 Å². The summed E-state index contributed by atoms with van der Waals surface area (Å²) in [6.07, 6.45) is 4.23. The number of amides is 1. The molecule has 0 unspecified atom stereocenters. The maximum Gasteiger partial charge on any atom is 0.223 e. The van der Waals surface area contributed by atoms with Gasteiger partial charge >= 0.3 is 0 Å². The molecule has 1 aromatic rings. The lowest BCUT2D eigenvalue weighted by Crippen LogP contribution is -2.30. The highest BCUT2D eigenvalue weighted by Gasteiger charge is 2.20. The van der Waals surface area contributed by atoms with Crippen LogP contribution in [0.25, 0.3) is 0 Å². The van der Waals surface area contributed by atoms with Crippen LogP contribution >= 0.6 is 0 Å². The monoisotopic (exact) mass is 288 g/mol. The Morgan fingerprint density at radius 2 is 1.86 bits per heavy atom. The Morgan fingerprint density at radius 1 is 1.10 bits per heavy atom. The number of carbonyl (C=O) groups is 1. The van der Waals surface area contributed by atoms with Gasteiger partial charge in [0.05, 0.1) is 7.11 Å². The second-order valence-corrected chi connectivity index (χ2v) is 6.13. The van der Waals surface area contributed by atoms with E-state index in [4.69, 9.17) is 4.74 Å². The fourth-order valence-corrected chi connectivity index (χ4v) is 3.34. The van der Waals surface area contributed by atoms with Crippen LogP contribution in [0, 0.1) is 0 Å². The van der Waals surface area contributed by atoms with Crippen LogP contribution in [-0.4, -0.2) is 49.5 Å². The second kappa shape index (κ2) is 6.06. The third-order valence-corrected chi connectivity index (χ3v) is 4.71. The molecule has 114 valence electrons. The standard InChI is InChI=1S/C17H24N2O2/c1-18-8-9-19(7-6-17(18)20)12-15-10-13-4-3-5-14(13)11-16(15)21-2/h10-11H,3-9,12H2,1-2H3. The third-order valence-electron chi connectivity index (χ3n) is 4.71. The molecular weight excluding hydrogens is 264 g/mol. The van der Waals surface area contributed by atoms with Crippen molar-refractivity contribution >= 4 is 5.91 Å². The molecule has 4 heteroatoms. The lowest BCUT2D eigenvalue weighted by atomic mass is 10.0. The average molecular weight is 288 g/mol. The van der Waals surface area contributed by atoms with Crippen molar-refractivity contribution in [1.29, 1.82) is 0 Å². The van der Waals surface area contributed by atoms with Crippen LogP contribution in [0.1, 0.15) is 29.5 Å². The van der Waals surface area contributed by atoms with E-state index in [9.17, 15) is 4.79 Å². The first-order chi connectivity index (χ1) is 10.2. The number of methoxy groups -OCH3 is 1. The van der Waals surface area contributed by atoms with Crippen LogP contribution in [0.3, 0.4) is 0 Å². The van der Waals surface area contributed by atoms with E-state index in [1.165, 1.54) is 36.0 Å². The van der Waals surface area contributed by atoms with Crippen molar-refractivity contribution in [1.82, 2.24) is 9.80 Å². The third kappa shape index (κ3) is 3.05. The number of fused-ring (bicyclic) bond motifs is 1. The second-order valence-electron chi connectivity index (χ2n) is 6.13. The smallest absolute Gasteiger partial charge is 0.223 e. The molecule has 0 bridgehead atoms. The van der Waals surface area contributed by atoms with Crippen molar-refractivity contribution in [2.45, 2.75) is 32.2 Å².